The van der Waals surface area contributed by atoms with E-state index in [1.54, 1.807) is 0 Å². The van der Waals surface area contributed by atoms with Crippen molar-refractivity contribution >= 4 is 17.6 Å². The van der Waals surface area contributed by atoms with Gasteiger partial charge in [0.05, 0.1) is 5.69 Å². The first-order valence-corrected chi connectivity index (χ1v) is 3.27. The van der Waals surface area contributed by atoms with Gasteiger partial charge >= 0.3 is 0 Å². The number of hydrogen-bond acceptors (Lipinski definition) is 2. The lowest BCUT2D eigenvalue weighted by Gasteiger charge is -1.96. The van der Waals surface area contributed by atoms with E-state index in [1.807, 2.05) is 24.4 Å². The van der Waals surface area contributed by atoms with Crippen LogP contribution in [0.15, 0.2) is 23.2 Å². The molecule has 2 nitrogen and oxygen atoms in total. The van der Waals surface area contributed by atoms with Crippen molar-refractivity contribution in [1.29, 1.82) is 0 Å². The highest BCUT2D eigenvalue weighted by Gasteiger charge is 2.04. The molecule has 0 fully saturated rings. The van der Waals surface area contributed by atoms with Crippen LogP contribution >= 0.6 is 0 Å². The highest BCUT2D eigenvalue weighted by atomic mass is 14.7. The van der Waals surface area contributed by atoms with E-state index >= 15 is 0 Å². The van der Waals surface area contributed by atoms with Crippen LogP contribution in [0.4, 0.5) is 11.4 Å². The number of benzene rings is 1. The summed E-state index contributed by atoms with van der Waals surface area (Å²) in [5.41, 5.74) is 8.70. The van der Waals surface area contributed by atoms with Crippen LogP contribution < -0.4 is 5.73 Å². The molecule has 0 amide bonds. The Kier molecular flexibility index (Phi) is 1.01. The highest BCUT2D eigenvalue weighted by molar-refractivity contribution is 5.77. The summed E-state index contributed by atoms with van der Waals surface area (Å²) in [5.74, 6) is 0. The van der Waals surface area contributed by atoms with Gasteiger partial charge in [0, 0.05) is 18.3 Å². The number of aliphatic imine (C=N–C) groups is 1. The molecule has 0 saturated heterocycles. The summed E-state index contributed by atoms with van der Waals surface area (Å²) in [4.78, 5) is 4.16. The fourth-order valence-corrected chi connectivity index (χ4v) is 1.14. The molecule has 0 radical (unpaired) electrons. The lowest BCUT2D eigenvalue weighted by Crippen LogP contribution is -1.85. The van der Waals surface area contributed by atoms with Gasteiger partial charge in [-0.15, -0.1) is 0 Å². The Morgan fingerprint density at radius 3 is 3.20 bits per heavy atom. The Bertz CT molecular complexity index is 289. The van der Waals surface area contributed by atoms with E-state index in [9.17, 15) is 0 Å². The molecule has 1 aliphatic heterocycles. The summed E-state index contributed by atoms with van der Waals surface area (Å²) < 4.78 is 0. The van der Waals surface area contributed by atoms with E-state index in [4.69, 9.17) is 5.73 Å². The lowest BCUT2D eigenvalue weighted by molar-refractivity contribution is 1.41. The van der Waals surface area contributed by atoms with Gasteiger partial charge in [-0.05, 0) is 23.8 Å². The van der Waals surface area contributed by atoms with Gasteiger partial charge < -0.3 is 5.73 Å². The zero-order valence-electron chi connectivity index (χ0n) is 5.54. The molecule has 1 heterocycles. The largest absolute Gasteiger partial charge is 0.399 e. The second-order valence-electron chi connectivity index (χ2n) is 2.40. The van der Waals surface area contributed by atoms with Crippen molar-refractivity contribution in [3.05, 3.63) is 23.8 Å². The number of rotatable bonds is 0. The van der Waals surface area contributed by atoms with E-state index < -0.39 is 0 Å². The van der Waals surface area contributed by atoms with Crippen LogP contribution in [-0.4, -0.2) is 6.21 Å². The quantitative estimate of drug-likeness (QED) is 0.534. The number of nitrogen functional groups attached to an aromatic ring is 1. The van der Waals surface area contributed by atoms with Crippen molar-refractivity contribution in [1.82, 2.24) is 0 Å². The molecular weight excluding hydrogens is 124 g/mol. The molecule has 10 heavy (non-hydrogen) atoms. The standard InChI is InChI=1S/C8H8N2/c9-7-1-2-8-6(5-7)3-4-10-8/h1-2,4-5H,3,9H2. The van der Waals surface area contributed by atoms with Crippen molar-refractivity contribution in [2.45, 2.75) is 6.42 Å². The molecule has 2 heteroatoms. The van der Waals surface area contributed by atoms with Crippen LogP contribution in [0.2, 0.25) is 0 Å². The molecule has 2 N–H and O–H groups in total. The molecule has 1 aromatic carbocycles. The van der Waals surface area contributed by atoms with Crippen LogP contribution in [0.25, 0.3) is 0 Å². The third kappa shape index (κ3) is 0.692. The molecule has 50 valence electrons. The van der Waals surface area contributed by atoms with Gasteiger partial charge in [0.15, 0.2) is 0 Å². The number of hydrogen-bond donors (Lipinski definition) is 1. The predicted octanol–water partition coefficient (Wildman–Crippen LogP) is 1.53. The first kappa shape index (κ1) is 5.47. The van der Waals surface area contributed by atoms with Crippen molar-refractivity contribution in [3.63, 3.8) is 0 Å². The Morgan fingerprint density at radius 2 is 2.30 bits per heavy atom. The summed E-state index contributed by atoms with van der Waals surface area (Å²) in [6.07, 6.45) is 2.84. The number of nitrogens with zero attached hydrogens (tertiary/aromatic N) is 1. The van der Waals surface area contributed by atoms with E-state index in [2.05, 4.69) is 4.99 Å². The first-order chi connectivity index (χ1) is 4.86. The molecule has 2 rings (SSSR count). The Balaban J connectivity index is 2.59. The summed E-state index contributed by atoms with van der Waals surface area (Å²) in [7, 11) is 0. The highest BCUT2D eigenvalue weighted by Crippen LogP contribution is 2.25. The second-order valence-corrected chi connectivity index (χ2v) is 2.40. The molecule has 0 unspecified atom stereocenters. The number of nitrogens with two attached hydrogens (primary N) is 1. The van der Waals surface area contributed by atoms with Crippen molar-refractivity contribution < 1.29 is 0 Å². The monoisotopic (exact) mass is 132 g/mol. The van der Waals surface area contributed by atoms with Gasteiger partial charge in [0.25, 0.3) is 0 Å². The van der Waals surface area contributed by atoms with E-state index in [1.165, 1.54) is 5.56 Å². The minimum Gasteiger partial charge on any atom is -0.399 e. The number of anilines is 1. The Labute approximate surface area is 59.4 Å². The van der Waals surface area contributed by atoms with E-state index in [-0.39, 0.29) is 0 Å². The summed E-state index contributed by atoms with van der Waals surface area (Å²) >= 11 is 0. The number of fused-ring (bicyclic) bond motifs is 1. The van der Waals surface area contributed by atoms with E-state index in [0.717, 1.165) is 17.8 Å². The van der Waals surface area contributed by atoms with E-state index in [0.29, 0.717) is 0 Å². The van der Waals surface area contributed by atoms with Crippen molar-refractivity contribution in [2.75, 3.05) is 5.73 Å². The predicted molar refractivity (Wildman–Crippen MR) is 42.7 cm³/mol. The van der Waals surface area contributed by atoms with Crippen molar-refractivity contribution in [2.24, 2.45) is 4.99 Å². The molecule has 0 atom stereocenters. The maximum absolute atomic E-state index is 5.58. The molecule has 0 aliphatic carbocycles. The maximum Gasteiger partial charge on any atom is 0.0663 e. The normalized spacial score (nSPS) is 13.6. The fraction of sp³-hybridized carbons (Fsp3) is 0.125. The average molecular weight is 132 g/mol. The van der Waals surface area contributed by atoms with Gasteiger partial charge in [0.1, 0.15) is 0 Å². The zero-order valence-corrected chi connectivity index (χ0v) is 5.54. The third-order valence-electron chi connectivity index (χ3n) is 1.65. The molecule has 0 bridgehead atoms. The van der Waals surface area contributed by atoms with Gasteiger partial charge in [-0.1, -0.05) is 0 Å². The van der Waals surface area contributed by atoms with Crippen LogP contribution in [0.5, 0.6) is 0 Å². The van der Waals surface area contributed by atoms with Gasteiger partial charge in [-0.25, -0.2) is 0 Å². The van der Waals surface area contributed by atoms with Gasteiger partial charge in [-0.3, -0.25) is 4.99 Å². The van der Waals surface area contributed by atoms with Crippen LogP contribution in [0, 0.1) is 0 Å². The lowest BCUT2D eigenvalue weighted by atomic mass is 10.1. The van der Waals surface area contributed by atoms with Crippen LogP contribution in [0.3, 0.4) is 0 Å². The fourth-order valence-electron chi connectivity index (χ4n) is 1.14. The third-order valence-corrected chi connectivity index (χ3v) is 1.65. The molecular formula is C8H8N2. The van der Waals surface area contributed by atoms with Crippen LogP contribution in [0.1, 0.15) is 5.56 Å². The molecule has 0 saturated carbocycles. The summed E-state index contributed by atoms with van der Waals surface area (Å²) in [5, 5.41) is 0. The topological polar surface area (TPSA) is 38.4 Å². The average Bonchev–Trinajstić information content (AvgIpc) is 2.33. The maximum atomic E-state index is 5.58. The molecule has 1 aromatic rings. The molecule has 0 aromatic heterocycles. The van der Waals surface area contributed by atoms with Crippen LogP contribution in [-0.2, 0) is 6.42 Å². The molecule has 0 spiro atoms. The SMILES string of the molecule is Nc1ccc2c(c1)CC=N2. The molecule has 1 aliphatic rings. The smallest absolute Gasteiger partial charge is 0.0663 e. The van der Waals surface area contributed by atoms with Gasteiger partial charge in [0.2, 0.25) is 0 Å². The Morgan fingerprint density at radius 1 is 1.40 bits per heavy atom. The Hall–Kier alpha value is -1.31. The summed E-state index contributed by atoms with van der Waals surface area (Å²) in [6, 6.07) is 5.80. The van der Waals surface area contributed by atoms with Gasteiger partial charge in [-0.2, -0.15) is 0 Å². The zero-order chi connectivity index (χ0) is 6.97. The summed E-state index contributed by atoms with van der Waals surface area (Å²) in [6.45, 7) is 0. The first-order valence-electron chi connectivity index (χ1n) is 3.27. The second kappa shape index (κ2) is 1.84. The minimum atomic E-state index is 0.823. The van der Waals surface area contributed by atoms with Crippen molar-refractivity contribution in [3.8, 4) is 0 Å². The minimum absolute atomic E-state index is 0.823.